The molecule has 1 amide bonds. The summed E-state index contributed by atoms with van der Waals surface area (Å²) in [4.78, 5) is 24.6. The highest BCUT2D eigenvalue weighted by Crippen LogP contribution is 2.12. The van der Waals surface area contributed by atoms with Gasteiger partial charge in [-0.05, 0) is 30.7 Å². The van der Waals surface area contributed by atoms with Gasteiger partial charge in [0.25, 0.3) is 0 Å². The monoisotopic (exact) mass is 291 g/mol. The Hall–Kier alpha value is -2.30. The maximum atomic E-state index is 11.9. The summed E-state index contributed by atoms with van der Waals surface area (Å²) in [6.07, 6.45) is 3.40. The first-order valence-electron chi connectivity index (χ1n) is 6.79. The Morgan fingerprint density at radius 2 is 1.90 bits per heavy atom. The summed E-state index contributed by atoms with van der Waals surface area (Å²) >= 11 is 0. The van der Waals surface area contributed by atoms with Crippen LogP contribution in [0.5, 0.6) is 5.75 Å². The summed E-state index contributed by atoms with van der Waals surface area (Å²) < 4.78 is 9.88. The number of ether oxygens (including phenoxy) is 2. The summed E-state index contributed by atoms with van der Waals surface area (Å²) in [6, 6.07) is 7.38. The van der Waals surface area contributed by atoms with Gasteiger partial charge in [-0.25, -0.2) is 0 Å². The van der Waals surface area contributed by atoms with E-state index in [2.05, 4.69) is 0 Å². The number of benzene rings is 1. The van der Waals surface area contributed by atoms with Crippen LogP contribution < -0.4 is 4.74 Å². The minimum absolute atomic E-state index is 0.157. The Morgan fingerprint density at radius 3 is 2.48 bits per heavy atom. The maximum absolute atomic E-state index is 11.9. The SMILES string of the molecule is CCOC(=O)CCN(C)C(=O)C=Cc1ccc(OC)cc1. The highest BCUT2D eigenvalue weighted by atomic mass is 16.5. The lowest BCUT2D eigenvalue weighted by atomic mass is 10.2. The Kier molecular flexibility index (Phi) is 7.01. The molecule has 5 heteroatoms. The van der Waals surface area contributed by atoms with Crippen molar-refractivity contribution in [3.8, 4) is 5.75 Å². The second kappa shape index (κ2) is 8.79. The van der Waals surface area contributed by atoms with Crippen LogP contribution in [0.15, 0.2) is 30.3 Å². The molecule has 0 radical (unpaired) electrons. The summed E-state index contributed by atoms with van der Waals surface area (Å²) in [5.41, 5.74) is 0.906. The second-order valence-corrected chi connectivity index (χ2v) is 4.42. The van der Waals surface area contributed by atoms with Crippen LogP contribution in [0.1, 0.15) is 18.9 Å². The number of methoxy groups -OCH3 is 1. The summed E-state index contributed by atoms with van der Waals surface area (Å²) in [5.74, 6) is 0.316. The molecule has 0 aromatic heterocycles. The van der Waals surface area contributed by atoms with Crippen LogP contribution in [-0.4, -0.2) is 44.1 Å². The minimum Gasteiger partial charge on any atom is -0.497 e. The molecular formula is C16H21NO4. The summed E-state index contributed by atoms with van der Waals surface area (Å²) in [7, 11) is 3.26. The van der Waals surface area contributed by atoms with Crippen LogP contribution in [0, 0.1) is 0 Å². The minimum atomic E-state index is -0.295. The molecule has 0 aliphatic heterocycles. The lowest BCUT2D eigenvalue weighted by Crippen LogP contribution is -2.27. The van der Waals surface area contributed by atoms with E-state index >= 15 is 0 Å². The Morgan fingerprint density at radius 1 is 1.24 bits per heavy atom. The quantitative estimate of drug-likeness (QED) is 0.570. The van der Waals surface area contributed by atoms with Gasteiger partial charge in [-0.1, -0.05) is 12.1 Å². The molecule has 114 valence electrons. The zero-order valence-electron chi connectivity index (χ0n) is 12.7. The standard InChI is InChI=1S/C16H21NO4/c1-4-21-16(19)11-12-17(2)15(18)10-7-13-5-8-14(20-3)9-6-13/h5-10H,4,11-12H2,1-3H3. The Bertz CT molecular complexity index is 494. The van der Waals surface area contributed by atoms with Gasteiger partial charge in [0.2, 0.25) is 5.91 Å². The molecular weight excluding hydrogens is 270 g/mol. The van der Waals surface area contributed by atoms with Crippen molar-refractivity contribution in [3.05, 3.63) is 35.9 Å². The average Bonchev–Trinajstić information content (AvgIpc) is 2.51. The molecule has 0 aliphatic carbocycles. The molecule has 1 rings (SSSR count). The average molecular weight is 291 g/mol. The number of hydrogen-bond donors (Lipinski definition) is 0. The molecule has 0 saturated carbocycles. The van der Waals surface area contributed by atoms with Gasteiger partial charge in [-0.3, -0.25) is 9.59 Å². The van der Waals surface area contributed by atoms with E-state index in [0.717, 1.165) is 11.3 Å². The van der Waals surface area contributed by atoms with Crippen LogP contribution in [0.3, 0.4) is 0 Å². The molecule has 5 nitrogen and oxygen atoms in total. The van der Waals surface area contributed by atoms with Crippen molar-refractivity contribution in [1.29, 1.82) is 0 Å². The fourth-order valence-electron chi connectivity index (χ4n) is 1.61. The largest absolute Gasteiger partial charge is 0.497 e. The molecule has 0 saturated heterocycles. The third-order valence-electron chi connectivity index (χ3n) is 2.87. The maximum Gasteiger partial charge on any atom is 0.307 e. The van der Waals surface area contributed by atoms with Crippen molar-refractivity contribution in [2.45, 2.75) is 13.3 Å². The summed E-state index contributed by atoms with van der Waals surface area (Å²) in [5, 5.41) is 0. The van der Waals surface area contributed by atoms with Crippen molar-refractivity contribution in [2.75, 3.05) is 27.3 Å². The van der Waals surface area contributed by atoms with Gasteiger partial charge in [0, 0.05) is 19.7 Å². The van der Waals surface area contributed by atoms with E-state index in [0.29, 0.717) is 13.2 Å². The van der Waals surface area contributed by atoms with E-state index in [9.17, 15) is 9.59 Å². The van der Waals surface area contributed by atoms with Crippen molar-refractivity contribution in [1.82, 2.24) is 4.90 Å². The van der Waals surface area contributed by atoms with Crippen molar-refractivity contribution in [2.24, 2.45) is 0 Å². The van der Waals surface area contributed by atoms with Crippen LogP contribution in [0.4, 0.5) is 0 Å². The third-order valence-corrected chi connectivity index (χ3v) is 2.87. The smallest absolute Gasteiger partial charge is 0.307 e. The van der Waals surface area contributed by atoms with Crippen molar-refractivity contribution >= 4 is 18.0 Å². The van der Waals surface area contributed by atoms with Gasteiger partial charge >= 0.3 is 5.97 Å². The Labute approximate surface area is 125 Å². The van der Waals surface area contributed by atoms with E-state index in [4.69, 9.17) is 9.47 Å². The molecule has 1 aromatic rings. The predicted octanol–water partition coefficient (Wildman–Crippen LogP) is 2.12. The van der Waals surface area contributed by atoms with Gasteiger partial charge in [0.1, 0.15) is 5.75 Å². The molecule has 0 spiro atoms. The Balaban J connectivity index is 2.46. The molecule has 0 heterocycles. The number of hydrogen-bond acceptors (Lipinski definition) is 4. The summed E-state index contributed by atoms with van der Waals surface area (Å²) in [6.45, 7) is 2.45. The molecule has 1 aromatic carbocycles. The molecule has 0 fully saturated rings. The highest BCUT2D eigenvalue weighted by Gasteiger charge is 2.08. The van der Waals surface area contributed by atoms with Crippen LogP contribution in [-0.2, 0) is 14.3 Å². The number of amides is 1. The van der Waals surface area contributed by atoms with E-state index in [1.165, 1.54) is 11.0 Å². The number of esters is 1. The first kappa shape index (κ1) is 16.8. The van der Waals surface area contributed by atoms with Crippen molar-refractivity contribution in [3.63, 3.8) is 0 Å². The fraction of sp³-hybridized carbons (Fsp3) is 0.375. The molecule has 0 unspecified atom stereocenters. The van der Waals surface area contributed by atoms with Crippen molar-refractivity contribution < 1.29 is 19.1 Å². The fourth-order valence-corrected chi connectivity index (χ4v) is 1.61. The number of rotatable bonds is 7. The van der Waals surface area contributed by atoms with E-state index in [1.807, 2.05) is 24.3 Å². The normalized spacial score (nSPS) is 10.4. The van der Waals surface area contributed by atoms with Gasteiger partial charge in [-0.2, -0.15) is 0 Å². The second-order valence-electron chi connectivity index (χ2n) is 4.42. The molecule has 21 heavy (non-hydrogen) atoms. The molecule has 0 aliphatic rings. The predicted molar refractivity (Wildman–Crippen MR) is 80.9 cm³/mol. The molecule has 0 atom stereocenters. The molecule has 0 N–H and O–H groups in total. The van der Waals surface area contributed by atoms with E-state index in [1.54, 1.807) is 27.2 Å². The van der Waals surface area contributed by atoms with Crippen LogP contribution in [0.25, 0.3) is 6.08 Å². The topological polar surface area (TPSA) is 55.8 Å². The first-order chi connectivity index (χ1) is 10.1. The molecule has 0 bridgehead atoms. The number of nitrogens with zero attached hydrogens (tertiary/aromatic N) is 1. The third kappa shape index (κ3) is 6.12. The van der Waals surface area contributed by atoms with E-state index < -0.39 is 0 Å². The zero-order chi connectivity index (χ0) is 15.7. The van der Waals surface area contributed by atoms with Crippen LogP contribution in [0.2, 0.25) is 0 Å². The zero-order valence-corrected chi connectivity index (χ0v) is 12.7. The lowest BCUT2D eigenvalue weighted by molar-refractivity contribution is -0.143. The van der Waals surface area contributed by atoms with Crippen LogP contribution >= 0.6 is 0 Å². The van der Waals surface area contributed by atoms with Gasteiger partial charge in [0.15, 0.2) is 0 Å². The number of carbonyl (C=O) groups is 2. The highest BCUT2D eigenvalue weighted by molar-refractivity contribution is 5.91. The first-order valence-corrected chi connectivity index (χ1v) is 6.79. The van der Waals surface area contributed by atoms with E-state index in [-0.39, 0.29) is 18.3 Å². The number of likely N-dealkylation sites (N-methyl/N-ethyl adjacent to an activating group) is 1. The number of carbonyl (C=O) groups excluding carboxylic acids is 2. The van der Waals surface area contributed by atoms with Gasteiger partial charge in [0.05, 0.1) is 20.1 Å². The van der Waals surface area contributed by atoms with Gasteiger partial charge in [-0.15, -0.1) is 0 Å². The van der Waals surface area contributed by atoms with Gasteiger partial charge < -0.3 is 14.4 Å². The lowest BCUT2D eigenvalue weighted by Gasteiger charge is -2.14.